The molecule has 1 aromatic heterocycles. The minimum absolute atomic E-state index is 0.0685. The van der Waals surface area contributed by atoms with Gasteiger partial charge in [0.1, 0.15) is 5.82 Å². The van der Waals surface area contributed by atoms with Gasteiger partial charge in [0.15, 0.2) is 0 Å². The van der Waals surface area contributed by atoms with Crippen LogP contribution in [0.5, 0.6) is 0 Å². The predicted molar refractivity (Wildman–Crippen MR) is 71.8 cm³/mol. The third-order valence-electron chi connectivity index (χ3n) is 3.29. The molecule has 1 aliphatic heterocycles. The molecule has 4 heteroatoms. The Labute approximate surface area is 109 Å². The van der Waals surface area contributed by atoms with E-state index in [1.165, 1.54) is 0 Å². The number of aromatic nitrogens is 1. The lowest BCUT2D eigenvalue weighted by Crippen LogP contribution is -2.40. The molecule has 1 unspecified atom stereocenters. The van der Waals surface area contributed by atoms with E-state index in [0.717, 1.165) is 49.6 Å². The molecule has 0 spiro atoms. The van der Waals surface area contributed by atoms with Crippen LogP contribution in [-0.2, 0) is 11.3 Å². The molecule has 2 heterocycles. The summed E-state index contributed by atoms with van der Waals surface area (Å²) < 4.78 is 5.70. The lowest BCUT2D eigenvalue weighted by Gasteiger charge is -2.33. The van der Waals surface area contributed by atoms with Crippen LogP contribution in [0, 0.1) is 6.92 Å². The summed E-state index contributed by atoms with van der Waals surface area (Å²) in [6, 6.07) is 3.90. The van der Waals surface area contributed by atoms with Gasteiger partial charge in [-0.3, -0.25) is 0 Å². The highest BCUT2D eigenvalue weighted by Crippen LogP contribution is 2.21. The topological polar surface area (TPSA) is 45.6 Å². The molecule has 0 aliphatic carbocycles. The Morgan fingerprint density at radius 2 is 2.33 bits per heavy atom. The van der Waals surface area contributed by atoms with Gasteiger partial charge in [-0.2, -0.15) is 0 Å². The molecule has 100 valence electrons. The normalized spacial score (nSPS) is 20.2. The van der Waals surface area contributed by atoms with Crippen molar-refractivity contribution in [1.29, 1.82) is 0 Å². The maximum absolute atomic E-state index is 9.25. The van der Waals surface area contributed by atoms with Gasteiger partial charge in [-0.15, -0.1) is 0 Å². The Bertz CT molecular complexity index is 393. The molecule has 2 rings (SSSR count). The highest BCUT2D eigenvalue weighted by atomic mass is 16.5. The molecule has 4 nitrogen and oxygen atoms in total. The van der Waals surface area contributed by atoms with Crippen molar-refractivity contribution in [1.82, 2.24) is 4.98 Å². The summed E-state index contributed by atoms with van der Waals surface area (Å²) in [5.74, 6) is 0.962. The summed E-state index contributed by atoms with van der Waals surface area (Å²) >= 11 is 0. The van der Waals surface area contributed by atoms with Crippen LogP contribution in [0.3, 0.4) is 0 Å². The first-order valence-corrected chi connectivity index (χ1v) is 6.68. The van der Waals surface area contributed by atoms with Crippen LogP contribution >= 0.6 is 0 Å². The second-order valence-corrected chi connectivity index (χ2v) is 4.80. The number of hydrogen-bond donors (Lipinski definition) is 1. The third kappa shape index (κ3) is 3.21. The van der Waals surface area contributed by atoms with Gasteiger partial charge in [0.05, 0.1) is 12.7 Å². The molecule has 1 saturated heterocycles. The highest BCUT2D eigenvalue weighted by molar-refractivity contribution is 5.43. The van der Waals surface area contributed by atoms with Crippen LogP contribution in [-0.4, -0.2) is 35.9 Å². The van der Waals surface area contributed by atoms with Gasteiger partial charge in [-0.05, 0) is 44.4 Å². The Hall–Kier alpha value is -1.13. The summed E-state index contributed by atoms with van der Waals surface area (Å²) in [6.07, 6.45) is 2.57. The smallest absolute Gasteiger partial charge is 0.129 e. The first-order chi connectivity index (χ1) is 8.72. The quantitative estimate of drug-likeness (QED) is 0.886. The molecule has 1 atom stereocenters. The molecular weight excluding hydrogens is 228 g/mol. The van der Waals surface area contributed by atoms with Crippen LogP contribution in [0.2, 0.25) is 0 Å². The highest BCUT2D eigenvalue weighted by Gasteiger charge is 2.21. The van der Waals surface area contributed by atoms with Crippen molar-refractivity contribution in [3.8, 4) is 0 Å². The summed E-state index contributed by atoms with van der Waals surface area (Å²) in [6.45, 7) is 6.75. The van der Waals surface area contributed by atoms with E-state index in [-0.39, 0.29) is 6.61 Å². The number of aryl methyl sites for hydroxylation is 1. The maximum atomic E-state index is 9.25. The average molecular weight is 250 g/mol. The Morgan fingerprint density at radius 3 is 3.06 bits per heavy atom. The zero-order valence-corrected chi connectivity index (χ0v) is 11.2. The lowest BCUT2D eigenvalue weighted by molar-refractivity contribution is 0.0525. The SMILES string of the molecule is CCOC1CCCN(c2cc(CO)cc(C)n2)C1. The monoisotopic (exact) mass is 250 g/mol. The molecule has 18 heavy (non-hydrogen) atoms. The van der Waals surface area contributed by atoms with Crippen molar-refractivity contribution < 1.29 is 9.84 Å². The average Bonchev–Trinajstić information content (AvgIpc) is 2.39. The predicted octanol–water partition coefficient (Wildman–Crippen LogP) is 1.89. The largest absolute Gasteiger partial charge is 0.392 e. The Balaban J connectivity index is 2.12. The van der Waals surface area contributed by atoms with E-state index < -0.39 is 0 Å². The minimum Gasteiger partial charge on any atom is -0.392 e. The number of nitrogens with zero attached hydrogens (tertiary/aromatic N) is 2. The fourth-order valence-corrected chi connectivity index (χ4v) is 2.49. The van der Waals surface area contributed by atoms with Crippen molar-refractivity contribution in [3.63, 3.8) is 0 Å². The fraction of sp³-hybridized carbons (Fsp3) is 0.643. The molecule has 0 radical (unpaired) electrons. The molecule has 1 aromatic rings. The maximum Gasteiger partial charge on any atom is 0.129 e. The fourth-order valence-electron chi connectivity index (χ4n) is 2.49. The number of aliphatic hydroxyl groups excluding tert-OH is 1. The second-order valence-electron chi connectivity index (χ2n) is 4.80. The number of hydrogen-bond acceptors (Lipinski definition) is 4. The summed E-state index contributed by atoms with van der Waals surface area (Å²) in [5.41, 5.74) is 1.88. The van der Waals surface area contributed by atoms with Gasteiger partial charge in [0, 0.05) is 25.4 Å². The van der Waals surface area contributed by atoms with Crippen LogP contribution in [0.4, 0.5) is 5.82 Å². The zero-order valence-electron chi connectivity index (χ0n) is 11.2. The van der Waals surface area contributed by atoms with Crippen molar-refractivity contribution in [3.05, 3.63) is 23.4 Å². The van der Waals surface area contributed by atoms with Gasteiger partial charge < -0.3 is 14.7 Å². The molecule has 1 fully saturated rings. The van der Waals surface area contributed by atoms with Crippen LogP contribution in [0.25, 0.3) is 0 Å². The van der Waals surface area contributed by atoms with Gasteiger partial charge in [0.2, 0.25) is 0 Å². The molecular formula is C14H22N2O2. The van der Waals surface area contributed by atoms with Crippen molar-refractivity contribution in [2.24, 2.45) is 0 Å². The van der Waals surface area contributed by atoms with Crippen LogP contribution in [0.15, 0.2) is 12.1 Å². The number of anilines is 1. The number of ether oxygens (including phenoxy) is 1. The van der Waals surface area contributed by atoms with Crippen molar-refractivity contribution in [2.45, 2.75) is 39.4 Å². The molecule has 1 N–H and O–H groups in total. The number of piperidine rings is 1. The standard InChI is InChI=1S/C14H22N2O2/c1-3-18-13-5-4-6-16(9-13)14-8-12(10-17)7-11(2)15-14/h7-8,13,17H,3-6,9-10H2,1-2H3. The van der Waals surface area contributed by atoms with E-state index in [9.17, 15) is 5.11 Å². The summed E-state index contributed by atoms with van der Waals surface area (Å²) in [5, 5.41) is 9.25. The lowest BCUT2D eigenvalue weighted by atomic mass is 10.1. The number of pyridine rings is 1. The van der Waals surface area contributed by atoms with Gasteiger partial charge in [-0.25, -0.2) is 4.98 Å². The zero-order chi connectivity index (χ0) is 13.0. The van der Waals surface area contributed by atoms with E-state index in [0.29, 0.717) is 6.10 Å². The Kier molecular flexibility index (Phi) is 4.55. The first kappa shape index (κ1) is 13.3. The molecule has 0 bridgehead atoms. The van der Waals surface area contributed by atoms with E-state index in [1.54, 1.807) is 0 Å². The summed E-state index contributed by atoms with van der Waals surface area (Å²) in [7, 11) is 0. The molecule has 0 saturated carbocycles. The number of aliphatic hydroxyl groups is 1. The van der Waals surface area contributed by atoms with Gasteiger partial charge >= 0.3 is 0 Å². The van der Waals surface area contributed by atoms with Crippen molar-refractivity contribution in [2.75, 3.05) is 24.6 Å². The van der Waals surface area contributed by atoms with Gasteiger partial charge in [-0.1, -0.05) is 0 Å². The first-order valence-electron chi connectivity index (χ1n) is 6.68. The third-order valence-corrected chi connectivity index (χ3v) is 3.29. The van der Waals surface area contributed by atoms with E-state index >= 15 is 0 Å². The second kappa shape index (κ2) is 6.16. The summed E-state index contributed by atoms with van der Waals surface area (Å²) in [4.78, 5) is 6.82. The molecule has 0 aromatic carbocycles. The minimum atomic E-state index is 0.0685. The van der Waals surface area contributed by atoms with E-state index in [4.69, 9.17) is 4.74 Å². The van der Waals surface area contributed by atoms with E-state index in [1.807, 2.05) is 26.0 Å². The van der Waals surface area contributed by atoms with E-state index in [2.05, 4.69) is 9.88 Å². The van der Waals surface area contributed by atoms with Gasteiger partial charge in [0.25, 0.3) is 0 Å². The van der Waals surface area contributed by atoms with Crippen LogP contribution < -0.4 is 4.90 Å². The van der Waals surface area contributed by atoms with Crippen LogP contribution in [0.1, 0.15) is 31.0 Å². The Morgan fingerprint density at radius 1 is 1.50 bits per heavy atom. The molecule has 0 amide bonds. The van der Waals surface area contributed by atoms with Crippen molar-refractivity contribution >= 4 is 5.82 Å². The number of rotatable bonds is 4. The molecule has 1 aliphatic rings.